The summed E-state index contributed by atoms with van der Waals surface area (Å²) in [6, 6.07) is 18.9. The SMILES string of the molecule is CCCOc1ccc(/C=N\NC(=O)CN(c2ccccc2C)S(=O)(=O)c2ccc(C)cc2)cc1OCC. The fraction of sp³-hybridized carbons (Fsp3) is 0.286. The van der Waals surface area contributed by atoms with Crippen molar-refractivity contribution in [2.75, 3.05) is 24.1 Å². The van der Waals surface area contributed by atoms with Gasteiger partial charge in [0.25, 0.3) is 15.9 Å². The minimum Gasteiger partial charge on any atom is -0.490 e. The van der Waals surface area contributed by atoms with Gasteiger partial charge in [0.1, 0.15) is 6.54 Å². The zero-order chi connectivity index (χ0) is 26.8. The third-order valence-corrected chi connectivity index (χ3v) is 7.19. The van der Waals surface area contributed by atoms with Gasteiger partial charge in [0.2, 0.25) is 0 Å². The Balaban J connectivity index is 1.79. The number of ether oxygens (including phenoxy) is 2. The van der Waals surface area contributed by atoms with E-state index in [4.69, 9.17) is 9.47 Å². The van der Waals surface area contributed by atoms with Crippen LogP contribution in [0.2, 0.25) is 0 Å². The van der Waals surface area contributed by atoms with Gasteiger partial charge in [-0.05, 0) is 74.7 Å². The number of benzene rings is 3. The molecule has 0 aliphatic carbocycles. The second-order valence-electron chi connectivity index (χ2n) is 8.39. The van der Waals surface area contributed by atoms with E-state index in [1.165, 1.54) is 18.3 Å². The molecule has 0 saturated carbocycles. The fourth-order valence-corrected chi connectivity index (χ4v) is 5.01. The summed E-state index contributed by atoms with van der Waals surface area (Å²) >= 11 is 0. The molecule has 9 heteroatoms. The van der Waals surface area contributed by atoms with Crippen molar-refractivity contribution in [2.45, 2.75) is 39.0 Å². The van der Waals surface area contributed by atoms with Gasteiger partial charge in [0.05, 0.1) is 30.0 Å². The smallest absolute Gasteiger partial charge is 0.264 e. The number of nitrogens with one attached hydrogen (secondary N) is 1. The van der Waals surface area contributed by atoms with Crippen molar-refractivity contribution in [2.24, 2.45) is 5.10 Å². The van der Waals surface area contributed by atoms with Crippen LogP contribution in [0.3, 0.4) is 0 Å². The monoisotopic (exact) mass is 523 g/mol. The molecule has 3 aromatic rings. The number of carbonyl (C=O) groups excluding carboxylic acids is 1. The second-order valence-corrected chi connectivity index (χ2v) is 10.3. The number of hydrazone groups is 1. The van der Waals surface area contributed by atoms with Crippen LogP contribution in [0.15, 0.2) is 76.7 Å². The second kappa shape index (κ2) is 12.9. The number of aryl methyl sites for hydroxylation is 2. The molecule has 0 fully saturated rings. The first-order chi connectivity index (χ1) is 17.8. The van der Waals surface area contributed by atoms with Crippen molar-refractivity contribution < 1.29 is 22.7 Å². The first-order valence-electron chi connectivity index (χ1n) is 12.1. The van der Waals surface area contributed by atoms with Gasteiger partial charge in [-0.3, -0.25) is 9.10 Å². The number of rotatable bonds is 12. The topological polar surface area (TPSA) is 97.3 Å². The maximum atomic E-state index is 13.5. The quantitative estimate of drug-likeness (QED) is 0.271. The number of para-hydroxylation sites is 1. The molecule has 8 nitrogen and oxygen atoms in total. The number of nitrogens with zero attached hydrogens (tertiary/aromatic N) is 2. The van der Waals surface area contributed by atoms with Crippen LogP contribution >= 0.6 is 0 Å². The van der Waals surface area contributed by atoms with E-state index in [9.17, 15) is 13.2 Å². The van der Waals surface area contributed by atoms with E-state index in [1.807, 2.05) is 26.8 Å². The van der Waals surface area contributed by atoms with Gasteiger partial charge >= 0.3 is 0 Å². The summed E-state index contributed by atoms with van der Waals surface area (Å²) < 4.78 is 39.5. The molecule has 0 radical (unpaired) electrons. The van der Waals surface area contributed by atoms with E-state index >= 15 is 0 Å². The van der Waals surface area contributed by atoms with E-state index in [-0.39, 0.29) is 4.90 Å². The first kappa shape index (κ1) is 27.7. The summed E-state index contributed by atoms with van der Waals surface area (Å²) in [7, 11) is -4.00. The molecule has 3 rings (SSSR count). The Bertz CT molecular complexity index is 1340. The van der Waals surface area contributed by atoms with Gasteiger partial charge in [-0.25, -0.2) is 13.8 Å². The molecular formula is C28H33N3O5S. The molecule has 1 N–H and O–H groups in total. The lowest BCUT2D eigenvalue weighted by Gasteiger charge is -2.25. The highest BCUT2D eigenvalue weighted by molar-refractivity contribution is 7.92. The molecule has 0 bridgehead atoms. The summed E-state index contributed by atoms with van der Waals surface area (Å²) in [6.45, 7) is 8.20. The number of hydrogen-bond donors (Lipinski definition) is 1. The lowest BCUT2D eigenvalue weighted by molar-refractivity contribution is -0.119. The number of carbonyl (C=O) groups is 1. The molecule has 0 spiro atoms. The molecule has 0 aliphatic heterocycles. The average Bonchev–Trinajstić information content (AvgIpc) is 2.88. The van der Waals surface area contributed by atoms with Gasteiger partial charge in [-0.15, -0.1) is 0 Å². The van der Waals surface area contributed by atoms with E-state index in [2.05, 4.69) is 10.5 Å². The minimum atomic E-state index is -4.00. The largest absolute Gasteiger partial charge is 0.490 e. The van der Waals surface area contributed by atoms with E-state index < -0.39 is 22.5 Å². The van der Waals surface area contributed by atoms with Crippen LogP contribution in [-0.2, 0) is 14.8 Å². The highest BCUT2D eigenvalue weighted by Crippen LogP contribution is 2.29. The first-order valence-corrected chi connectivity index (χ1v) is 13.6. The standard InChI is InChI=1S/C28H33N3O5S/c1-5-17-36-26-16-13-23(18-27(26)35-6-2)19-29-30-28(32)20-31(25-10-8-7-9-22(25)4)37(33,34)24-14-11-21(3)12-15-24/h7-16,18-19H,5-6,17,20H2,1-4H3,(H,30,32)/b29-19-. The minimum absolute atomic E-state index is 0.103. The average molecular weight is 524 g/mol. The van der Waals surface area contributed by atoms with Crippen molar-refractivity contribution in [3.05, 3.63) is 83.4 Å². The van der Waals surface area contributed by atoms with Gasteiger partial charge in [0.15, 0.2) is 11.5 Å². The molecule has 196 valence electrons. The Morgan fingerprint density at radius 1 is 0.973 bits per heavy atom. The normalized spacial score (nSPS) is 11.4. The summed E-state index contributed by atoms with van der Waals surface area (Å²) in [4.78, 5) is 12.9. The Morgan fingerprint density at radius 3 is 2.38 bits per heavy atom. The van der Waals surface area contributed by atoms with Gasteiger partial charge < -0.3 is 9.47 Å². The number of sulfonamides is 1. The predicted octanol–water partition coefficient (Wildman–Crippen LogP) is 4.84. The third kappa shape index (κ3) is 7.33. The molecule has 0 unspecified atom stereocenters. The van der Waals surface area contributed by atoms with E-state index in [0.29, 0.717) is 36.0 Å². The van der Waals surface area contributed by atoms with Crippen molar-refractivity contribution in [3.63, 3.8) is 0 Å². The highest BCUT2D eigenvalue weighted by Gasteiger charge is 2.28. The lowest BCUT2D eigenvalue weighted by atomic mass is 10.2. The number of anilines is 1. The van der Waals surface area contributed by atoms with Gasteiger partial charge in [0, 0.05) is 0 Å². The fourth-order valence-electron chi connectivity index (χ4n) is 3.53. The van der Waals surface area contributed by atoms with Crippen molar-refractivity contribution in [1.29, 1.82) is 0 Å². The summed E-state index contributed by atoms with van der Waals surface area (Å²) in [5.74, 6) is 0.643. The van der Waals surface area contributed by atoms with Crippen molar-refractivity contribution >= 4 is 27.8 Å². The summed E-state index contributed by atoms with van der Waals surface area (Å²) in [6.07, 6.45) is 2.34. The maximum Gasteiger partial charge on any atom is 0.264 e. The maximum absolute atomic E-state index is 13.5. The van der Waals surface area contributed by atoms with Gasteiger partial charge in [-0.2, -0.15) is 5.10 Å². The van der Waals surface area contributed by atoms with Gasteiger partial charge in [-0.1, -0.05) is 42.8 Å². The molecule has 0 heterocycles. The molecule has 0 atom stereocenters. The van der Waals surface area contributed by atoms with Crippen LogP contribution in [0, 0.1) is 13.8 Å². The lowest BCUT2D eigenvalue weighted by Crippen LogP contribution is -2.40. The molecule has 0 aromatic heterocycles. The van der Waals surface area contributed by atoms with Crippen LogP contribution < -0.4 is 19.2 Å². The molecule has 37 heavy (non-hydrogen) atoms. The van der Waals surface area contributed by atoms with Crippen LogP contribution in [0.5, 0.6) is 11.5 Å². The Kier molecular flexibility index (Phi) is 9.68. The van der Waals surface area contributed by atoms with E-state index in [0.717, 1.165) is 21.9 Å². The van der Waals surface area contributed by atoms with Crippen LogP contribution in [-0.4, -0.2) is 40.3 Å². The molecule has 1 amide bonds. The van der Waals surface area contributed by atoms with Crippen LogP contribution in [0.1, 0.15) is 37.0 Å². The molecular weight excluding hydrogens is 490 g/mol. The van der Waals surface area contributed by atoms with Crippen LogP contribution in [0.25, 0.3) is 0 Å². The zero-order valence-electron chi connectivity index (χ0n) is 21.6. The summed E-state index contributed by atoms with van der Waals surface area (Å²) in [5.41, 5.74) is 5.21. The predicted molar refractivity (Wildman–Crippen MR) is 146 cm³/mol. The van der Waals surface area contributed by atoms with E-state index in [1.54, 1.807) is 55.5 Å². The van der Waals surface area contributed by atoms with Crippen molar-refractivity contribution in [3.8, 4) is 11.5 Å². The van der Waals surface area contributed by atoms with Crippen molar-refractivity contribution in [1.82, 2.24) is 5.43 Å². The highest BCUT2D eigenvalue weighted by atomic mass is 32.2. The summed E-state index contributed by atoms with van der Waals surface area (Å²) in [5, 5.41) is 4.03. The molecule has 3 aromatic carbocycles. The molecule has 0 saturated heterocycles. The molecule has 0 aliphatic rings. The Labute approximate surface area is 219 Å². The Morgan fingerprint density at radius 2 is 1.70 bits per heavy atom. The Hall–Kier alpha value is -3.85. The van der Waals surface area contributed by atoms with Crippen LogP contribution in [0.4, 0.5) is 5.69 Å². The zero-order valence-corrected chi connectivity index (χ0v) is 22.4. The number of hydrogen-bond acceptors (Lipinski definition) is 6. The number of amides is 1. The third-order valence-electron chi connectivity index (χ3n) is 5.41.